The van der Waals surface area contributed by atoms with Crippen molar-refractivity contribution in [1.82, 2.24) is 4.57 Å². The number of ether oxygens (including phenoxy) is 1. The predicted octanol–water partition coefficient (Wildman–Crippen LogP) is 2.91. The second-order valence-corrected chi connectivity index (χ2v) is 9.98. The molecule has 0 bridgehead atoms. The van der Waals surface area contributed by atoms with Gasteiger partial charge < -0.3 is 19.9 Å². The third-order valence-corrected chi connectivity index (χ3v) is 8.20. The number of nitrogens with two attached hydrogens (primary N) is 1. The number of rotatable bonds is 5. The highest BCUT2D eigenvalue weighted by Gasteiger charge is 2.43. The van der Waals surface area contributed by atoms with Gasteiger partial charge in [-0.1, -0.05) is 11.8 Å². The quantitative estimate of drug-likeness (QED) is 0.687. The van der Waals surface area contributed by atoms with Crippen LogP contribution in [0.3, 0.4) is 0 Å². The number of thioether (sulfide) groups is 1. The van der Waals surface area contributed by atoms with Gasteiger partial charge in [-0.2, -0.15) is 0 Å². The van der Waals surface area contributed by atoms with E-state index < -0.39 is 22.3 Å². The normalized spacial score (nSPS) is 21.3. The van der Waals surface area contributed by atoms with Gasteiger partial charge in [0.15, 0.2) is 23.1 Å². The number of carbonyl (C=O) groups is 2. The molecule has 9 heteroatoms. The fourth-order valence-corrected chi connectivity index (χ4v) is 6.21. The number of carbonyl (C=O) groups excluding carboxylic acids is 2. The van der Waals surface area contributed by atoms with Crippen molar-refractivity contribution in [3.8, 4) is 5.75 Å². The molecule has 2 N–H and O–H groups in total. The fraction of sp³-hybridized carbons (Fsp3) is 0.522. The van der Waals surface area contributed by atoms with E-state index >= 15 is 4.39 Å². The van der Waals surface area contributed by atoms with Crippen LogP contribution in [0.25, 0.3) is 10.9 Å². The standard InChI is InChI=1S/C23H26FN3O4S/c1-11(28)22-20(30)16-19(29)14-9-15(24)18(26-7-5-12(10-25)6-8-26)21(31-2)17(14)27(13-3-4-13)23(16)32-22/h9,12-13,22H,3-8,10,25H2,1-2H3. The summed E-state index contributed by atoms with van der Waals surface area (Å²) in [5, 5.41) is -0.290. The van der Waals surface area contributed by atoms with E-state index in [0.29, 0.717) is 47.5 Å². The third-order valence-electron chi connectivity index (χ3n) is 6.79. The minimum atomic E-state index is -0.926. The van der Waals surface area contributed by atoms with E-state index in [1.54, 1.807) is 0 Å². The van der Waals surface area contributed by atoms with Crippen molar-refractivity contribution >= 4 is 39.9 Å². The zero-order valence-corrected chi connectivity index (χ0v) is 19.0. The predicted molar refractivity (Wildman–Crippen MR) is 122 cm³/mol. The lowest BCUT2D eigenvalue weighted by Gasteiger charge is -2.34. The summed E-state index contributed by atoms with van der Waals surface area (Å²) >= 11 is 1.13. The lowest BCUT2D eigenvalue weighted by molar-refractivity contribution is -0.115. The Balaban J connectivity index is 1.77. The van der Waals surface area contributed by atoms with Gasteiger partial charge in [0.2, 0.25) is 5.43 Å². The molecule has 0 spiro atoms. The summed E-state index contributed by atoms with van der Waals surface area (Å²) in [5.74, 6) is -0.576. The maximum Gasteiger partial charge on any atom is 0.201 e. The van der Waals surface area contributed by atoms with Crippen molar-refractivity contribution in [2.45, 2.75) is 48.9 Å². The number of methoxy groups -OCH3 is 1. The highest BCUT2D eigenvalue weighted by Crippen LogP contribution is 2.49. The summed E-state index contributed by atoms with van der Waals surface area (Å²) < 4.78 is 23.2. The van der Waals surface area contributed by atoms with Crippen LogP contribution in [0, 0.1) is 11.7 Å². The van der Waals surface area contributed by atoms with Crippen LogP contribution in [0.2, 0.25) is 0 Å². The first-order valence-electron chi connectivity index (χ1n) is 11.0. The Kier molecular flexibility index (Phi) is 5.28. The maximum atomic E-state index is 15.5. The van der Waals surface area contributed by atoms with Gasteiger partial charge in [0, 0.05) is 19.1 Å². The van der Waals surface area contributed by atoms with Crippen LogP contribution in [-0.2, 0) is 4.79 Å². The molecule has 1 aromatic carbocycles. The Bertz CT molecular complexity index is 1200. The van der Waals surface area contributed by atoms with Crippen LogP contribution in [0.15, 0.2) is 15.9 Å². The Labute approximate surface area is 189 Å². The smallest absolute Gasteiger partial charge is 0.201 e. The highest BCUT2D eigenvalue weighted by atomic mass is 32.2. The molecule has 1 saturated carbocycles. The summed E-state index contributed by atoms with van der Waals surface area (Å²) in [7, 11) is 1.48. The van der Waals surface area contributed by atoms with Gasteiger partial charge in [-0.15, -0.1) is 0 Å². The first kappa shape index (κ1) is 21.5. The molecule has 170 valence electrons. The topological polar surface area (TPSA) is 94.6 Å². The summed E-state index contributed by atoms with van der Waals surface area (Å²) in [6, 6.07) is 1.33. The van der Waals surface area contributed by atoms with E-state index in [0.717, 1.165) is 37.4 Å². The molecule has 3 aliphatic rings. The molecular formula is C23H26FN3O4S. The fourth-order valence-electron chi connectivity index (χ4n) is 4.93. The number of fused-ring (bicyclic) bond motifs is 2. The SMILES string of the molecule is COc1c(N2CCC(CN)CC2)c(F)cc2c(=O)c3c(n(C4CC4)c12)SC(C(C)=O)C3=O. The Morgan fingerprint density at radius 1 is 1.25 bits per heavy atom. The molecule has 2 aromatic rings. The van der Waals surface area contributed by atoms with E-state index in [2.05, 4.69) is 0 Å². The molecule has 3 heterocycles. The van der Waals surface area contributed by atoms with Crippen LogP contribution < -0.4 is 20.8 Å². The number of anilines is 1. The van der Waals surface area contributed by atoms with Gasteiger partial charge in [0.25, 0.3) is 0 Å². The van der Waals surface area contributed by atoms with Crippen LogP contribution in [0.1, 0.15) is 49.0 Å². The molecule has 2 fully saturated rings. The number of pyridine rings is 1. The highest BCUT2D eigenvalue weighted by molar-refractivity contribution is 8.02. The molecular weight excluding hydrogens is 433 g/mol. The van der Waals surface area contributed by atoms with Crippen molar-refractivity contribution in [3.05, 3.63) is 27.7 Å². The van der Waals surface area contributed by atoms with Gasteiger partial charge in [-0.25, -0.2) is 4.39 Å². The lowest BCUT2D eigenvalue weighted by Crippen LogP contribution is -2.37. The average Bonchev–Trinajstić information content (AvgIpc) is 3.56. The molecule has 5 rings (SSSR count). The van der Waals surface area contributed by atoms with Gasteiger partial charge in [-0.05, 0) is 51.1 Å². The minimum Gasteiger partial charge on any atom is -0.492 e. The van der Waals surface area contributed by atoms with Crippen LogP contribution in [-0.4, -0.2) is 48.1 Å². The monoisotopic (exact) mass is 459 g/mol. The number of piperidine rings is 1. The number of hydrogen-bond donors (Lipinski definition) is 1. The van der Waals surface area contributed by atoms with E-state index in [1.807, 2.05) is 9.47 Å². The van der Waals surface area contributed by atoms with E-state index in [1.165, 1.54) is 20.1 Å². The molecule has 0 amide bonds. The molecule has 1 unspecified atom stereocenters. The Morgan fingerprint density at radius 3 is 2.50 bits per heavy atom. The molecule has 32 heavy (non-hydrogen) atoms. The third kappa shape index (κ3) is 3.16. The number of hydrogen-bond acceptors (Lipinski definition) is 7. The number of nitrogens with zero attached hydrogens (tertiary/aromatic N) is 2. The van der Waals surface area contributed by atoms with Crippen molar-refractivity contribution in [2.75, 3.05) is 31.6 Å². The van der Waals surface area contributed by atoms with Crippen molar-refractivity contribution in [3.63, 3.8) is 0 Å². The molecule has 7 nitrogen and oxygen atoms in total. The van der Waals surface area contributed by atoms with Crippen LogP contribution in [0.5, 0.6) is 5.75 Å². The molecule has 1 atom stereocenters. The van der Waals surface area contributed by atoms with Crippen LogP contribution >= 0.6 is 11.8 Å². The molecule has 1 aliphatic carbocycles. The average molecular weight is 460 g/mol. The number of Topliss-reactive ketones (excluding diaryl/α,β-unsaturated/α-hetero) is 2. The molecule has 0 radical (unpaired) electrons. The largest absolute Gasteiger partial charge is 0.492 e. The van der Waals surface area contributed by atoms with Gasteiger partial charge in [0.05, 0.1) is 28.6 Å². The molecule has 1 aromatic heterocycles. The number of benzene rings is 1. The molecule has 1 saturated heterocycles. The van der Waals surface area contributed by atoms with Crippen LogP contribution in [0.4, 0.5) is 10.1 Å². The molecule has 2 aliphatic heterocycles. The summed E-state index contributed by atoms with van der Waals surface area (Å²) in [5.41, 5.74) is 6.15. The van der Waals surface area contributed by atoms with Crippen molar-refractivity contribution < 1.29 is 18.7 Å². The summed E-state index contributed by atoms with van der Waals surface area (Å²) in [6.45, 7) is 3.27. The van der Waals surface area contributed by atoms with E-state index in [9.17, 15) is 14.4 Å². The van der Waals surface area contributed by atoms with E-state index in [-0.39, 0.29) is 22.8 Å². The Morgan fingerprint density at radius 2 is 1.94 bits per heavy atom. The summed E-state index contributed by atoms with van der Waals surface area (Å²) in [6.07, 6.45) is 3.51. The number of ketones is 2. The van der Waals surface area contributed by atoms with E-state index in [4.69, 9.17) is 10.5 Å². The van der Waals surface area contributed by atoms with Gasteiger partial charge >= 0.3 is 0 Å². The first-order valence-corrected chi connectivity index (χ1v) is 11.9. The number of aromatic nitrogens is 1. The maximum absolute atomic E-state index is 15.5. The van der Waals surface area contributed by atoms with Crippen molar-refractivity contribution in [1.29, 1.82) is 0 Å². The second-order valence-electron chi connectivity index (χ2n) is 8.89. The van der Waals surface area contributed by atoms with Gasteiger partial charge in [0.1, 0.15) is 10.9 Å². The summed E-state index contributed by atoms with van der Waals surface area (Å²) in [4.78, 5) is 40.3. The Hall–Kier alpha value is -2.39. The lowest BCUT2D eigenvalue weighted by atomic mass is 9.96. The van der Waals surface area contributed by atoms with Crippen molar-refractivity contribution in [2.24, 2.45) is 11.7 Å². The number of halogens is 1. The van der Waals surface area contributed by atoms with Gasteiger partial charge in [-0.3, -0.25) is 14.4 Å². The first-order chi connectivity index (χ1) is 15.4. The zero-order chi connectivity index (χ0) is 22.7. The zero-order valence-electron chi connectivity index (χ0n) is 18.2. The second kappa shape index (κ2) is 7.88. The minimum absolute atomic E-state index is 0.00700.